The number of carbonyl (C=O) groups excluding carboxylic acids is 2. The average Bonchev–Trinajstić information content (AvgIpc) is 3.15. The average molecular weight is 447 g/mol. The first-order chi connectivity index (χ1) is 14.3. The van der Waals surface area contributed by atoms with Gasteiger partial charge in [-0.05, 0) is 61.1 Å². The molecule has 0 bridgehead atoms. The fourth-order valence-electron chi connectivity index (χ4n) is 3.18. The summed E-state index contributed by atoms with van der Waals surface area (Å²) in [7, 11) is -3.74. The Morgan fingerprint density at radius 1 is 1.20 bits per heavy atom. The largest absolute Gasteiger partial charge is 0.279 e. The summed E-state index contributed by atoms with van der Waals surface area (Å²) in [5, 5.41) is 8.49. The number of carbonyl (C=O) groups is 2. The van der Waals surface area contributed by atoms with Gasteiger partial charge in [-0.15, -0.1) is 11.3 Å². The fourth-order valence-corrected chi connectivity index (χ4v) is 5.31. The summed E-state index contributed by atoms with van der Waals surface area (Å²) in [6, 6.07) is 9.03. The normalized spacial score (nSPS) is 15.7. The molecule has 1 aliphatic carbocycles. The van der Waals surface area contributed by atoms with E-state index < -0.39 is 15.9 Å². The molecule has 1 aromatic heterocycles. The summed E-state index contributed by atoms with van der Waals surface area (Å²) in [6.07, 6.45) is 3.12. The topological polar surface area (TPSA) is 128 Å². The van der Waals surface area contributed by atoms with E-state index in [1.807, 2.05) is 12.1 Å². The molecule has 10 heteroatoms. The maximum absolute atomic E-state index is 12.4. The van der Waals surface area contributed by atoms with Crippen molar-refractivity contribution in [1.29, 1.82) is 5.26 Å². The molecule has 1 unspecified atom stereocenters. The number of hydrazine groups is 1. The third-order valence-corrected chi connectivity index (χ3v) is 7.51. The fraction of sp³-hybridized carbons (Fsp3) is 0.350. The minimum absolute atomic E-state index is 0.0121. The molecule has 1 aliphatic rings. The van der Waals surface area contributed by atoms with Crippen LogP contribution < -0.4 is 15.6 Å². The van der Waals surface area contributed by atoms with Crippen molar-refractivity contribution in [2.45, 2.75) is 37.5 Å². The van der Waals surface area contributed by atoms with E-state index in [0.717, 1.165) is 19.3 Å². The molecule has 158 valence electrons. The van der Waals surface area contributed by atoms with Crippen LogP contribution in [-0.2, 0) is 22.9 Å². The number of sulfonamides is 1. The van der Waals surface area contributed by atoms with E-state index in [4.69, 9.17) is 5.26 Å². The highest BCUT2D eigenvalue weighted by Crippen LogP contribution is 2.32. The Labute approximate surface area is 179 Å². The summed E-state index contributed by atoms with van der Waals surface area (Å²) in [5.74, 6) is -0.327. The molecule has 1 aromatic carbocycles. The number of nitrogens with one attached hydrogen (secondary N) is 3. The monoisotopic (exact) mass is 446 g/mol. The first-order valence-electron chi connectivity index (χ1n) is 9.49. The van der Waals surface area contributed by atoms with Crippen LogP contribution in [0.25, 0.3) is 0 Å². The molecule has 0 saturated carbocycles. The van der Waals surface area contributed by atoms with Crippen LogP contribution in [0.5, 0.6) is 0 Å². The molecular weight excluding hydrogens is 424 g/mol. The van der Waals surface area contributed by atoms with Crippen molar-refractivity contribution < 1.29 is 18.0 Å². The lowest BCUT2D eigenvalue weighted by Gasteiger charge is -2.16. The lowest BCUT2D eigenvalue weighted by molar-refractivity contribution is 0.0849. The van der Waals surface area contributed by atoms with Gasteiger partial charge in [-0.2, -0.15) is 5.26 Å². The summed E-state index contributed by atoms with van der Waals surface area (Å²) < 4.78 is 26.5. The Bertz CT molecular complexity index is 1090. The predicted octanol–water partition coefficient (Wildman–Crippen LogP) is 2.14. The molecule has 3 N–H and O–H groups in total. The van der Waals surface area contributed by atoms with Crippen LogP contribution in [0.2, 0.25) is 0 Å². The molecule has 0 radical (unpaired) electrons. The molecule has 0 saturated heterocycles. The predicted molar refractivity (Wildman–Crippen MR) is 112 cm³/mol. The number of hydrogen-bond acceptors (Lipinski definition) is 6. The number of rotatable bonds is 6. The standard InChI is InChI=1S/C20H22N4O4S2/c1-13-3-8-17-15(11-13)12-18(29-17)20(26)24-23-19(25)14-4-6-16(7-5-14)30(27,28)22-10-2-9-21/h4-7,12-13,22H,2-3,8,10-11H2,1H3,(H,23,25)(H,24,26). The number of thiophene rings is 1. The number of aryl methyl sites for hydroxylation is 1. The smallest absolute Gasteiger partial charge is 0.267 e. The lowest BCUT2D eigenvalue weighted by Crippen LogP contribution is -2.41. The molecule has 30 heavy (non-hydrogen) atoms. The molecule has 1 atom stereocenters. The number of fused-ring (bicyclic) bond motifs is 1. The molecule has 2 amide bonds. The van der Waals surface area contributed by atoms with Crippen molar-refractivity contribution in [3.05, 3.63) is 51.2 Å². The van der Waals surface area contributed by atoms with Gasteiger partial charge in [0, 0.05) is 23.4 Å². The molecular formula is C20H22N4O4S2. The van der Waals surface area contributed by atoms with Crippen molar-refractivity contribution in [2.24, 2.45) is 5.92 Å². The highest BCUT2D eigenvalue weighted by molar-refractivity contribution is 7.89. The van der Waals surface area contributed by atoms with Crippen LogP contribution in [0, 0.1) is 17.2 Å². The van der Waals surface area contributed by atoms with Crippen molar-refractivity contribution >= 4 is 33.2 Å². The van der Waals surface area contributed by atoms with Crippen molar-refractivity contribution in [2.75, 3.05) is 6.54 Å². The van der Waals surface area contributed by atoms with Gasteiger partial charge in [0.05, 0.1) is 15.8 Å². The SMILES string of the molecule is CC1CCc2sc(C(=O)NNC(=O)c3ccc(S(=O)(=O)NCCC#N)cc3)cc2C1. The van der Waals surface area contributed by atoms with Crippen LogP contribution in [0.15, 0.2) is 35.2 Å². The Balaban J connectivity index is 1.57. The lowest BCUT2D eigenvalue weighted by atomic mass is 9.90. The van der Waals surface area contributed by atoms with Gasteiger partial charge in [0.1, 0.15) is 0 Å². The third-order valence-electron chi connectivity index (χ3n) is 4.80. The maximum Gasteiger partial charge on any atom is 0.279 e. The summed E-state index contributed by atoms with van der Waals surface area (Å²) in [4.78, 5) is 26.4. The number of hydrogen-bond donors (Lipinski definition) is 3. The Morgan fingerprint density at radius 3 is 2.60 bits per heavy atom. The Kier molecular flexibility index (Phi) is 6.87. The van der Waals surface area contributed by atoms with E-state index in [0.29, 0.717) is 10.8 Å². The van der Waals surface area contributed by atoms with Gasteiger partial charge in [-0.1, -0.05) is 6.92 Å². The van der Waals surface area contributed by atoms with Crippen LogP contribution in [0.4, 0.5) is 0 Å². The molecule has 8 nitrogen and oxygen atoms in total. The minimum Gasteiger partial charge on any atom is -0.267 e. The van der Waals surface area contributed by atoms with Crippen LogP contribution >= 0.6 is 11.3 Å². The number of nitrogens with zero attached hydrogens (tertiary/aromatic N) is 1. The van der Waals surface area contributed by atoms with Crippen molar-refractivity contribution in [3.8, 4) is 6.07 Å². The molecule has 2 aromatic rings. The third kappa shape index (κ3) is 5.24. The summed E-state index contributed by atoms with van der Waals surface area (Å²) >= 11 is 1.45. The van der Waals surface area contributed by atoms with Gasteiger partial charge in [-0.25, -0.2) is 13.1 Å². The van der Waals surface area contributed by atoms with Crippen LogP contribution in [0.3, 0.4) is 0 Å². The van der Waals surface area contributed by atoms with Gasteiger partial charge in [-0.3, -0.25) is 20.4 Å². The number of benzene rings is 1. The van der Waals surface area contributed by atoms with E-state index in [2.05, 4.69) is 22.5 Å². The van der Waals surface area contributed by atoms with E-state index in [9.17, 15) is 18.0 Å². The zero-order valence-electron chi connectivity index (χ0n) is 16.4. The zero-order chi connectivity index (χ0) is 21.7. The Hall–Kier alpha value is -2.74. The summed E-state index contributed by atoms with van der Waals surface area (Å²) in [5.41, 5.74) is 6.16. The maximum atomic E-state index is 12.4. The van der Waals surface area contributed by atoms with Gasteiger partial charge < -0.3 is 0 Å². The van der Waals surface area contributed by atoms with E-state index in [-0.39, 0.29) is 29.3 Å². The van der Waals surface area contributed by atoms with Gasteiger partial charge >= 0.3 is 0 Å². The van der Waals surface area contributed by atoms with Crippen molar-refractivity contribution in [3.63, 3.8) is 0 Å². The summed E-state index contributed by atoms with van der Waals surface area (Å²) in [6.45, 7) is 2.21. The number of nitriles is 1. The zero-order valence-corrected chi connectivity index (χ0v) is 18.0. The highest BCUT2D eigenvalue weighted by atomic mass is 32.2. The van der Waals surface area contributed by atoms with E-state index in [1.54, 1.807) is 0 Å². The highest BCUT2D eigenvalue weighted by Gasteiger charge is 2.21. The molecule has 1 heterocycles. The second-order valence-corrected chi connectivity index (χ2v) is 10.0. The Morgan fingerprint density at radius 2 is 1.90 bits per heavy atom. The van der Waals surface area contributed by atoms with E-state index >= 15 is 0 Å². The molecule has 0 spiro atoms. The first-order valence-corrected chi connectivity index (χ1v) is 11.8. The van der Waals surface area contributed by atoms with Crippen LogP contribution in [0.1, 0.15) is 50.2 Å². The van der Waals surface area contributed by atoms with Crippen molar-refractivity contribution in [1.82, 2.24) is 15.6 Å². The quantitative estimate of drug-likeness (QED) is 0.463. The van der Waals surface area contributed by atoms with Gasteiger partial charge in [0.25, 0.3) is 11.8 Å². The molecule has 0 fully saturated rings. The van der Waals surface area contributed by atoms with Gasteiger partial charge in [0.15, 0.2) is 0 Å². The molecule has 3 rings (SSSR count). The second-order valence-electron chi connectivity index (χ2n) is 7.15. The van der Waals surface area contributed by atoms with Crippen LogP contribution in [-0.4, -0.2) is 26.8 Å². The van der Waals surface area contributed by atoms with E-state index in [1.165, 1.54) is 46.0 Å². The second kappa shape index (κ2) is 9.38. The number of amides is 2. The minimum atomic E-state index is -3.74. The first kappa shape index (κ1) is 22.0. The molecule has 0 aliphatic heterocycles. The van der Waals surface area contributed by atoms with Gasteiger partial charge in [0.2, 0.25) is 10.0 Å².